The van der Waals surface area contributed by atoms with Crippen molar-refractivity contribution in [3.8, 4) is 0 Å². The second-order valence-electron chi connectivity index (χ2n) is 5.43. The van der Waals surface area contributed by atoms with Crippen molar-refractivity contribution in [1.82, 2.24) is 4.90 Å². The first kappa shape index (κ1) is 16.3. The van der Waals surface area contributed by atoms with Crippen LogP contribution in [-0.2, 0) is 0 Å². The molecule has 110 valence electrons. The van der Waals surface area contributed by atoms with Crippen LogP contribution in [0.4, 0.5) is 0 Å². The highest BCUT2D eigenvalue weighted by Gasteiger charge is 2.09. The summed E-state index contributed by atoms with van der Waals surface area (Å²) in [6.45, 7) is 7.98. The number of piperidine rings is 1. The maximum Gasteiger partial charge on any atom is 0.00836 e. The molecular weight excluding hydrogens is 232 g/mol. The van der Waals surface area contributed by atoms with Gasteiger partial charge in [-0.3, -0.25) is 0 Å². The number of unbranched alkanes of at least 4 members (excludes halogenated alkanes) is 1. The molecule has 1 aliphatic heterocycles. The lowest BCUT2D eigenvalue weighted by Gasteiger charge is -2.26. The zero-order valence-electron chi connectivity index (χ0n) is 13.0. The molecule has 1 aliphatic carbocycles. The molecule has 2 heteroatoms. The summed E-state index contributed by atoms with van der Waals surface area (Å²) in [5.74, 6) is 0. The predicted octanol–water partition coefficient (Wildman–Crippen LogP) is 4.23. The summed E-state index contributed by atoms with van der Waals surface area (Å²) < 4.78 is 0. The standard InChI is InChI=1S/C15H26N2.C2H6/c16-15-9-7-14(8-10-15)6-2-5-13-17-11-3-1-4-12-17;1-2/h7,9H,1-6,8,10-13,16H2;1-2H3. The van der Waals surface area contributed by atoms with E-state index in [2.05, 4.69) is 17.1 Å². The van der Waals surface area contributed by atoms with Gasteiger partial charge >= 0.3 is 0 Å². The van der Waals surface area contributed by atoms with E-state index in [0.29, 0.717) is 0 Å². The molecule has 1 fully saturated rings. The molecule has 1 heterocycles. The highest BCUT2D eigenvalue weighted by Crippen LogP contribution is 2.20. The highest BCUT2D eigenvalue weighted by molar-refractivity contribution is 5.21. The van der Waals surface area contributed by atoms with Gasteiger partial charge in [-0.1, -0.05) is 31.9 Å². The van der Waals surface area contributed by atoms with E-state index >= 15 is 0 Å². The predicted molar refractivity (Wildman–Crippen MR) is 85.1 cm³/mol. The van der Waals surface area contributed by atoms with Crippen molar-refractivity contribution in [1.29, 1.82) is 0 Å². The molecule has 0 unspecified atom stereocenters. The van der Waals surface area contributed by atoms with Crippen LogP contribution in [-0.4, -0.2) is 24.5 Å². The molecule has 19 heavy (non-hydrogen) atoms. The minimum Gasteiger partial charge on any atom is -0.402 e. The molecule has 2 aliphatic rings. The molecule has 0 amide bonds. The van der Waals surface area contributed by atoms with E-state index in [9.17, 15) is 0 Å². The third-order valence-electron chi connectivity index (χ3n) is 3.94. The first-order chi connectivity index (χ1) is 9.34. The number of nitrogens with zero attached hydrogens (tertiary/aromatic N) is 1. The van der Waals surface area contributed by atoms with Gasteiger partial charge in [0.1, 0.15) is 0 Å². The fraction of sp³-hybridized carbons (Fsp3) is 0.765. The van der Waals surface area contributed by atoms with Gasteiger partial charge in [0.25, 0.3) is 0 Å². The minimum atomic E-state index is 1.04. The van der Waals surface area contributed by atoms with Gasteiger partial charge in [-0.2, -0.15) is 0 Å². The fourth-order valence-corrected chi connectivity index (χ4v) is 2.78. The SMILES string of the molecule is CC.NC1=CC=C(CCCCN2CCCCC2)CC1. The number of nitrogens with two attached hydrogens (primary N) is 1. The molecule has 2 rings (SSSR count). The van der Waals surface area contributed by atoms with Crippen LogP contribution in [0.1, 0.15) is 65.2 Å². The second kappa shape index (κ2) is 10.1. The van der Waals surface area contributed by atoms with Gasteiger partial charge in [0, 0.05) is 5.70 Å². The lowest BCUT2D eigenvalue weighted by molar-refractivity contribution is 0.225. The third-order valence-corrected chi connectivity index (χ3v) is 3.94. The Kier molecular flexibility index (Phi) is 8.64. The van der Waals surface area contributed by atoms with Crippen LogP contribution in [0.25, 0.3) is 0 Å². The van der Waals surface area contributed by atoms with Crippen LogP contribution in [0, 0.1) is 0 Å². The highest BCUT2D eigenvalue weighted by atomic mass is 15.1. The average molecular weight is 264 g/mol. The van der Waals surface area contributed by atoms with Gasteiger partial charge in [-0.25, -0.2) is 0 Å². The Hall–Kier alpha value is -0.760. The van der Waals surface area contributed by atoms with Gasteiger partial charge in [0.15, 0.2) is 0 Å². The van der Waals surface area contributed by atoms with Crippen LogP contribution >= 0.6 is 0 Å². The topological polar surface area (TPSA) is 29.3 Å². The summed E-state index contributed by atoms with van der Waals surface area (Å²) in [4.78, 5) is 2.64. The molecular formula is C17H32N2. The van der Waals surface area contributed by atoms with E-state index in [1.54, 1.807) is 5.57 Å². The third kappa shape index (κ3) is 6.81. The molecule has 0 aromatic rings. The van der Waals surface area contributed by atoms with Crippen LogP contribution < -0.4 is 5.73 Å². The van der Waals surface area contributed by atoms with Crippen molar-refractivity contribution in [3.63, 3.8) is 0 Å². The van der Waals surface area contributed by atoms with Gasteiger partial charge < -0.3 is 10.6 Å². The summed E-state index contributed by atoms with van der Waals surface area (Å²) >= 11 is 0. The quantitative estimate of drug-likeness (QED) is 0.753. The zero-order valence-corrected chi connectivity index (χ0v) is 13.0. The van der Waals surface area contributed by atoms with Crippen molar-refractivity contribution in [3.05, 3.63) is 23.4 Å². The first-order valence-electron chi connectivity index (χ1n) is 8.21. The normalized spacial score (nSPS) is 20.1. The number of hydrogen-bond acceptors (Lipinski definition) is 2. The molecule has 2 N–H and O–H groups in total. The van der Waals surface area contributed by atoms with E-state index in [1.165, 1.54) is 64.6 Å². The molecule has 1 saturated heterocycles. The molecule has 0 radical (unpaired) electrons. The minimum absolute atomic E-state index is 1.04. The lowest BCUT2D eigenvalue weighted by Crippen LogP contribution is -2.30. The molecule has 0 saturated carbocycles. The van der Waals surface area contributed by atoms with Crippen molar-refractivity contribution >= 4 is 0 Å². The van der Waals surface area contributed by atoms with Crippen LogP contribution in [0.5, 0.6) is 0 Å². The largest absolute Gasteiger partial charge is 0.402 e. The maximum atomic E-state index is 5.76. The fourth-order valence-electron chi connectivity index (χ4n) is 2.78. The van der Waals surface area contributed by atoms with E-state index in [-0.39, 0.29) is 0 Å². The van der Waals surface area contributed by atoms with Crippen LogP contribution in [0.15, 0.2) is 23.4 Å². The van der Waals surface area contributed by atoms with E-state index in [0.717, 1.165) is 12.1 Å². The number of hydrogen-bond donors (Lipinski definition) is 1. The summed E-state index contributed by atoms with van der Waals surface area (Å²) in [7, 11) is 0. The summed E-state index contributed by atoms with van der Waals surface area (Å²) in [6, 6.07) is 0. The van der Waals surface area contributed by atoms with E-state index in [4.69, 9.17) is 5.73 Å². The van der Waals surface area contributed by atoms with Gasteiger partial charge in [0.2, 0.25) is 0 Å². The van der Waals surface area contributed by atoms with E-state index < -0.39 is 0 Å². The van der Waals surface area contributed by atoms with E-state index in [1.807, 2.05) is 13.8 Å². The number of allylic oxidation sites excluding steroid dienone is 4. The number of likely N-dealkylation sites (tertiary alicyclic amines) is 1. The van der Waals surface area contributed by atoms with Crippen LogP contribution in [0.2, 0.25) is 0 Å². The smallest absolute Gasteiger partial charge is 0.00836 e. The Labute approximate surface area is 119 Å². The van der Waals surface area contributed by atoms with Gasteiger partial charge in [-0.15, -0.1) is 0 Å². The monoisotopic (exact) mass is 264 g/mol. The summed E-state index contributed by atoms with van der Waals surface area (Å²) in [5.41, 5.74) is 8.40. The lowest BCUT2D eigenvalue weighted by atomic mass is 9.98. The summed E-state index contributed by atoms with van der Waals surface area (Å²) in [6.07, 6.45) is 14.8. The molecule has 0 atom stereocenters. The van der Waals surface area contributed by atoms with Crippen molar-refractivity contribution < 1.29 is 0 Å². The molecule has 0 spiro atoms. The van der Waals surface area contributed by atoms with Crippen LogP contribution in [0.3, 0.4) is 0 Å². The second-order valence-corrected chi connectivity index (χ2v) is 5.43. The number of rotatable bonds is 5. The van der Waals surface area contributed by atoms with Crippen molar-refractivity contribution in [2.24, 2.45) is 5.73 Å². The van der Waals surface area contributed by atoms with Gasteiger partial charge in [0.05, 0.1) is 0 Å². The maximum absolute atomic E-state index is 5.76. The zero-order chi connectivity index (χ0) is 13.9. The Morgan fingerprint density at radius 2 is 1.74 bits per heavy atom. The summed E-state index contributed by atoms with van der Waals surface area (Å²) in [5, 5.41) is 0. The Balaban J connectivity index is 0.000000861. The molecule has 0 bridgehead atoms. The first-order valence-corrected chi connectivity index (χ1v) is 8.21. The van der Waals surface area contributed by atoms with Crippen molar-refractivity contribution in [2.75, 3.05) is 19.6 Å². The molecule has 0 aromatic carbocycles. The van der Waals surface area contributed by atoms with Gasteiger partial charge in [-0.05, 0) is 70.7 Å². The molecule has 2 nitrogen and oxygen atoms in total. The average Bonchev–Trinajstić information content (AvgIpc) is 2.49. The Bertz CT molecular complexity index is 286. The van der Waals surface area contributed by atoms with Crippen molar-refractivity contribution in [2.45, 2.75) is 65.2 Å². The Morgan fingerprint density at radius 3 is 2.37 bits per heavy atom. The Morgan fingerprint density at radius 1 is 1.00 bits per heavy atom. The molecule has 0 aromatic heterocycles.